The summed E-state index contributed by atoms with van der Waals surface area (Å²) in [4.78, 5) is 11.1. The highest BCUT2D eigenvalue weighted by Gasteiger charge is 2.07. The van der Waals surface area contributed by atoms with Crippen molar-refractivity contribution in [2.24, 2.45) is 0 Å². The van der Waals surface area contributed by atoms with Crippen molar-refractivity contribution in [3.8, 4) is 6.07 Å². The first kappa shape index (κ1) is 11.3. The van der Waals surface area contributed by atoms with Gasteiger partial charge in [0.15, 0.2) is 0 Å². The predicted octanol–water partition coefficient (Wildman–Crippen LogP) is 2.42. The molecule has 0 aliphatic carbocycles. The average Bonchev–Trinajstić information content (AvgIpc) is 2.27. The molecule has 0 saturated carbocycles. The van der Waals surface area contributed by atoms with Gasteiger partial charge in [-0.25, -0.2) is 4.79 Å². The molecule has 0 spiro atoms. The van der Waals surface area contributed by atoms with Crippen LogP contribution < -0.4 is 0 Å². The molecule has 0 unspecified atom stereocenters. The monoisotopic (exact) mass is 221 g/mol. The Morgan fingerprint density at radius 2 is 2.07 bits per heavy atom. The van der Waals surface area contributed by atoms with Crippen LogP contribution in [0.4, 0.5) is 0 Å². The molecular weight excluding hydrogens is 214 g/mol. The van der Waals surface area contributed by atoms with Crippen LogP contribution in [0.1, 0.15) is 5.56 Å². The zero-order chi connectivity index (χ0) is 11.3. The first-order valence-electron chi connectivity index (χ1n) is 4.13. The third-order valence-electron chi connectivity index (χ3n) is 1.71. The minimum Gasteiger partial charge on any atom is -0.465 e. The number of nitriles is 1. The summed E-state index contributed by atoms with van der Waals surface area (Å²) in [5.74, 6) is -0.646. The number of carbonyl (C=O) groups excluding carboxylic acids is 1. The smallest absolute Gasteiger partial charge is 0.348 e. The molecule has 1 aromatic carbocycles. The largest absolute Gasteiger partial charge is 0.465 e. The van der Waals surface area contributed by atoms with Crippen LogP contribution in [0.15, 0.2) is 29.8 Å². The lowest BCUT2D eigenvalue weighted by atomic mass is 10.1. The molecule has 0 N–H and O–H groups in total. The normalized spacial score (nSPS) is 10.6. The van der Waals surface area contributed by atoms with E-state index in [0.29, 0.717) is 5.02 Å². The fourth-order valence-electron chi connectivity index (χ4n) is 0.972. The molecule has 0 atom stereocenters. The number of rotatable bonds is 2. The Labute approximate surface area is 92.5 Å². The van der Waals surface area contributed by atoms with Crippen LogP contribution in [0.3, 0.4) is 0 Å². The molecule has 3 nitrogen and oxygen atoms in total. The molecule has 0 fully saturated rings. The molecule has 15 heavy (non-hydrogen) atoms. The van der Waals surface area contributed by atoms with E-state index in [1.54, 1.807) is 30.3 Å². The van der Waals surface area contributed by atoms with Crippen LogP contribution in [0, 0.1) is 11.3 Å². The van der Waals surface area contributed by atoms with Crippen molar-refractivity contribution in [2.75, 3.05) is 7.11 Å². The molecule has 0 aliphatic heterocycles. The fraction of sp³-hybridized carbons (Fsp3) is 0.0909. The predicted molar refractivity (Wildman–Crippen MR) is 57.1 cm³/mol. The summed E-state index contributed by atoms with van der Waals surface area (Å²) in [6, 6.07) is 8.55. The van der Waals surface area contributed by atoms with Crippen LogP contribution in [0.25, 0.3) is 6.08 Å². The molecule has 0 amide bonds. The summed E-state index contributed by atoms with van der Waals surface area (Å²) in [5.41, 5.74) is 0.682. The fourth-order valence-corrected chi connectivity index (χ4v) is 1.10. The molecule has 0 aromatic heterocycles. The van der Waals surface area contributed by atoms with Gasteiger partial charge < -0.3 is 4.74 Å². The van der Waals surface area contributed by atoms with Gasteiger partial charge in [-0.3, -0.25) is 0 Å². The summed E-state index contributed by atoms with van der Waals surface area (Å²) in [6.45, 7) is 0. The lowest BCUT2D eigenvalue weighted by Crippen LogP contribution is -2.02. The number of esters is 1. The molecule has 76 valence electrons. The Kier molecular flexibility index (Phi) is 3.90. The topological polar surface area (TPSA) is 50.1 Å². The van der Waals surface area contributed by atoms with E-state index in [2.05, 4.69) is 4.74 Å². The number of benzene rings is 1. The molecule has 0 bridgehead atoms. The maximum Gasteiger partial charge on any atom is 0.348 e. The average molecular weight is 222 g/mol. The Bertz CT molecular complexity index is 429. The first-order valence-corrected chi connectivity index (χ1v) is 4.51. The zero-order valence-electron chi connectivity index (χ0n) is 8.03. The summed E-state index contributed by atoms with van der Waals surface area (Å²) < 4.78 is 4.44. The summed E-state index contributed by atoms with van der Waals surface area (Å²) in [5, 5.41) is 9.30. The minimum atomic E-state index is -0.646. The highest BCUT2D eigenvalue weighted by Crippen LogP contribution is 2.12. The van der Waals surface area contributed by atoms with E-state index in [1.807, 2.05) is 0 Å². The molecule has 4 heteroatoms. The number of carbonyl (C=O) groups is 1. The van der Waals surface area contributed by atoms with E-state index in [9.17, 15) is 4.79 Å². The van der Waals surface area contributed by atoms with Crippen molar-refractivity contribution in [1.82, 2.24) is 0 Å². The van der Waals surface area contributed by atoms with Crippen molar-refractivity contribution >= 4 is 23.6 Å². The van der Waals surface area contributed by atoms with Gasteiger partial charge in [0.2, 0.25) is 0 Å². The standard InChI is InChI=1S/C11H8ClNO2/c1-15-11(14)9(7-13)6-8-2-4-10(12)5-3-8/h2-6H,1H3/b9-6+. The highest BCUT2D eigenvalue weighted by atomic mass is 35.5. The van der Waals surface area contributed by atoms with E-state index in [4.69, 9.17) is 16.9 Å². The van der Waals surface area contributed by atoms with Crippen LogP contribution in [-0.2, 0) is 9.53 Å². The molecule has 0 saturated heterocycles. The van der Waals surface area contributed by atoms with E-state index in [-0.39, 0.29) is 5.57 Å². The zero-order valence-corrected chi connectivity index (χ0v) is 8.78. The lowest BCUT2D eigenvalue weighted by molar-refractivity contribution is -0.135. The lowest BCUT2D eigenvalue weighted by Gasteiger charge is -1.97. The van der Waals surface area contributed by atoms with Crippen molar-refractivity contribution in [3.05, 3.63) is 40.4 Å². The second-order valence-corrected chi connectivity index (χ2v) is 3.15. The van der Waals surface area contributed by atoms with Gasteiger partial charge >= 0.3 is 5.97 Å². The van der Waals surface area contributed by atoms with E-state index in [0.717, 1.165) is 5.56 Å². The van der Waals surface area contributed by atoms with Crippen LogP contribution in [0.5, 0.6) is 0 Å². The van der Waals surface area contributed by atoms with Gasteiger partial charge in [-0.2, -0.15) is 5.26 Å². The van der Waals surface area contributed by atoms with Gasteiger partial charge in [0.1, 0.15) is 11.6 Å². The summed E-state index contributed by atoms with van der Waals surface area (Å²) in [6.07, 6.45) is 1.45. The number of hydrogen-bond acceptors (Lipinski definition) is 3. The molecule has 0 radical (unpaired) electrons. The number of methoxy groups -OCH3 is 1. The Balaban J connectivity index is 3.00. The van der Waals surface area contributed by atoms with E-state index in [1.165, 1.54) is 13.2 Å². The third-order valence-corrected chi connectivity index (χ3v) is 1.96. The van der Waals surface area contributed by atoms with Crippen LogP contribution in [0.2, 0.25) is 5.02 Å². The summed E-state index contributed by atoms with van der Waals surface area (Å²) >= 11 is 5.69. The maximum absolute atomic E-state index is 11.1. The SMILES string of the molecule is COC(=O)/C(C#N)=C/c1ccc(Cl)cc1. The number of hydrogen-bond donors (Lipinski definition) is 0. The molecule has 1 rings (SSSR count). The Morgan fingerprint density at radius 1 is 1.47 bits per heavy atom. The van der Waals surface area contributed by atoms with Crippen molar-refractivity contribution in [1.29, 1.82) is 5.26 Å². The molecular formula is C11H8ClNO2. The second-order valence-electron chi connectivity index (χ2n) is 2.71. The quantitative estimate of drug-likeness (QED) is 0.438. The summed E-state index contributed by atoms with van der Waals surface area (Å²) in [7, 11) is 1.23. The van der Waals surface area contributed by atoms with Crippen molar-refractivity contribution in [2.45, 2.75) is 0 Å². The van der Waals surface area contributed by atoms with Crippen LogP contribution in [-0.4, -0.2) is 13.1 Å². The highest BCUT2D eigenvalue weighted by molar-refractivity contribution is 6.30. The van der Waals surface area contributed by atoms with Gasteiger partial charge in [-0.15, -0.1) is 0 Å². The van der Waals surface area contributed by atoms with Crippen LogP contribution >= 0.6 is 11.6 Å². The molecule has 0 aliphatic rings. The van der Waals surface area contributed by atoms with Gasteiger partial charge in [0.25, 0.3) is 0 Å². The third kappa shape index (κ3) is 3.12. The van der Waals surface area contributed by atoms with E-state index >= 15 is 0 Å². The van der Waals surface area contributed by atoms with Gasteiger partial charge in [0, 0.05) is 5.02 Å². The Morgan fingerprint density at radius 3 is 2.53 bits per heavy atom. The number of ether oxygens (including phenoxy) is 1. The van der Waals surface area contributed by atoms with Gasteiger partial charge in [0.05, 0.1) is 7.11 Å². The second kappa shape index (κ2) is 5.18. The minimum absolute atomic E-state index is 0.0418. The van der Waals surface area contributed by atoms with Gasteiger partial charge in [-0.05, 0) is 23.8 Å². The maximum atomic E-state index is 11.1. The number of halogens is 1. The van der Waals surface area contributed by atoms with Crippen molar-refractivity contribution in [3.63, 3.8) is 0 Å². The first-order chi connectivity index (χ1) is 7.17. The molecule has 0 heterocycles. The van der Waals surface area contributed by atoms with Gasteiger partial charge in [-0.1, -0.05) is 23.7 Å². The van der Waals surface area contributed by atoms with E-state index < -0.39 is 5.97 Å². The molecule has 1 aromatic rings. The Hall–Kier alpha value is -1.79. The van der Waals surface area contributed by atoms with Crippen molar-refractivity contribution < 1.29 is 9.53 Å². The number of nitrogens with zero attached hydrogens (tertiary/aromatic N) is 1.